The van der Waals surface area contributed by atoms with Crippen molar-refractivity contribution >= 4 is 11.8 Å². The molecule has 0 amide bonds. The molecule has 0 saturated heterocycles. The number of ketones is 1. The van der Waals surface area contributed by atoms with Crippen molar-refractivity contribution in [3.05, 3.63) is 58.9 Å². The van der Waals surface area contributed by atoms with Gasteiger partial charge in [0.25, 0.3) is 0 Å². The number of carbonyl (C=O) groups excluding carboxylic acids is 2. The summed E-state index contributed by atoms with van der Waals surface area (Å²) in [7, 11) is 0. The molecule has 0 fully saturated rings. The van der Waals surface area contributed by atoms with Gasteiger partial charge in [0, 0.05) is 19.8 Å². The maximum absolute atomic E-state index is 12.2. The fourth-order valence-corrected chi connectivity index (χ4v) is 2.74. The molecule has 0 spiro atoms. The third-order valence-electron chi connectivity index (χ3n) is 3.75. The van der Waals surface area contributed by atoms with E-state index in [-0.39, 0.29) is 11.8 Å². The molecule has 22 heavy (non-hydrogen) atoms. The molecule has 0 atom stereocenters. The summed E-state index contributed by atoms with van der Waals surface area (Å²) in [5, 5.41) is 0. The van der Waals surface area contributed by atoms with E-state index in [9.17, 15) is 9.59 Å². The summed E-state index contributed by atoms with van der Waals surface area (Å²) in [6.07, 6.45) is 5.65. The van der Waals surface area contributed by atoms with E-state index in [1.807, 2.05) is 31.2 Å². The van der Waals surface area contributed by atoms with Gasteiger partial charge in [-0.1, -0.05) is 36.4 Å². The molecule has 3 nitrogen and oxygen atoms in total. The van der Waals surface area contributed by atoms with Crippen LogP contribution >= 0.6 is 0 Å². The highest BCUT2D eigenvalue weighted by Crippen LogP contribution is 2.27. The molecule has 1 aliphatic carbocycles. The number of carbonyl (C=O) groups is 2. The zero-order chi connectivity index (χ0) is 15.9. The van der Waals surface area contributed by atoms with Gasteiger partial charge in [0.1, 0.15) is 5.76 Å². The van der Waals surface area contributed by atoms with Gasteiger partial charge in [0.15, 0.2) is 5.78 Å². The Balaban J connectivity index is 2.12. The van der Waals surface area contributed by atoms with Gasteiger partial charge >= 0.3 is 5.97 Å². The van der Waals surface area contributed by atoms with Gasteiger partial charge in [-0.15, -0.1) is 0 Å². The zero-order valence-electron chi connectivity index (χ0n) is 13.2. The Morgan fingerprint density at radius 3 is 2.59 bits per heavy atom. The third kappa shape index (κ3) is 4.42. The average Bonchev–Trinajstić information content (AvgIpc) is 2.47. The number of aryl methyl sites for hydroxylation is 1. The van der Waals surface area contributed by atoms with Crippen LogP contribution in [0.2, 0.25) is 0 Å². The highest BCUT2D eigenvalue weighted by molar-refractivity contribution is 6.01. The second kappa shape index (κ2) is 7.74. The van der Waals surface area contributed by atoms with Gasteiger partial charge in [-0.2, -0.15) is 0 Å². The first-order valence-electron chi connectivity index (χ1n) is 7.73. The Bertz CT molecular complexity index is 609. The molecule has 116 valence electrons. The minimum absolute atomic E-state index is 0.0796. The van der Waals surface area contributed by atoms with E-state index in [0.717, 1.165) is 24.8 Å². The molecule has 0 N–H and O–H groups in total. The maximum atomic E-state index is 12.2. The fourth-order valence-electron chi connectivity index (χ4n) is 2.74. The van der Waals surface area contributed by atoms with Crippen LogP contribution in [0.5, 0.6) is 0 Å². The highest BCUT2D eigenvalue weighted by Gasteiger charge is 2.22. The number of Topliss-reactive ketones (excluding diaryl/α,β-unsaturated/α-hetero) is 1. The molecule has 0 unspecified atom stereocenters. The minimum Gasteiger partial charge on any atom is -0.430 e. The number of hydrogen-bond acceptors (Lipinski definition) is 3. The van der Waals surface area contributed by atoms with Crippen molar-refractivity contribution in [2.75, 3.05) is 0 Å². The van der Waals surface area contributed by atoms with Crippen LogP contribution in [0.1, 0.15) is 45.1 Å². The third-order valence-corrected chi connectivity index (χ3v) is 3.75. The summed E-state index contributed by atoms with van der Waals surface area (Å²) in [5.74, 6) is 0.242. The van der Waals surface area contributed by atoms with Crippen LogP contribution in [0.25, 0.3) is 0 Å². The normalized spacial score (nSPS) is 17.0. The molecule has 0 aliphatic heterocycles. The predicted octanol–water partition coefficient (Wildman–Crippen LogP) is 4.14. The predicted molar refractivity (Wildman–Crippen MR) is 86.2 cm³/mol. The van der Waals surface area contributed by atoms with Crippen LogP contribution in [-0.2, 0) is 20.7 Å². The number of ether oxygens (including phenoxy) is 1. The molecule has 0 radical (unpaired) electrons. The fraction of sp³-hybridized carbons (Fsp3) is 0.368. The van der Waals surface area contributed by atoms with Crippen molar-refractivity contribution in [2.45, 2.75) is 46.0 Å². The highest BCUT2D eigenvalue weighted by atomic mass is 16.5. The molecule has 0 saturated carbocycles. The monoisotopic (exact) mass is 298 g/mol. The minimum atomic E-state index is -0.367. The van der Waals surface area contributed by atoms with Gasteiger partial charge in [-0.3, -0.25) is 9.59 Å². The Kier molecular flexibility index (Phi) is 5.70. The van der Waals surface area contributed by atoms with Crippen molar-refractivity contribution in [1.29, 1.82) is 0 Å². The van der Waals surface area contributed by atoms with Crippen molar-refractivity contribution in [2.24, 2.45) is 0 Å². The lowest BCUT2D eigenvalue weighted by Crippen LogP contribution is -2.14. The van der Waals surface area contributed by atoms with E-state index in [4.69, 9.17) is 4.74 Å². The van der Waals surface area contributed by atoms with E-state index in [1.165, 1.54) is 12.5 Å². The van der Waals surface area contributed by atoms with E-state index in [0.29, 0.717) is 24.2 Å². The number of rotatable bonds is 5. The molecule has 0 aromatic heterocycles. The topological polar surface area (TPSA) is 43.4 Å². The Morgan fingerprint density at radius 1 is 1.23 bits per heavy atom. The first kappa shape index (κ1) is 16.2. The Labute approximate surface area is 131 Å². The van der Waals surface area contributed by atoms with Crippen LogP contribution in [0.15, 0.2) is 53.3 Å². The van der Waals surface area contributed by atoms with Crippen molar-refractivity contribution < 1.29 is 14.3 Å². The Morgan fingerprint density at radius 2 is 1.95 bits per heavy atom. The standard InChI is InChI=1S/C19H22O3/c1-14-8-6-12-17(21)19(14)18(22-15(2)20)13-7-11-16-9-4-3-5-10-16/h3-5,8-10H,6-7,11-13H2,1-2H3/b19-18+. The lowest BCUT2D eigenvalue weighted by molar-refractivity contribution is -0.137. The van der Waals surface area contributed by atoms with Crippen molar-refractivity contribution in [3.8, 4) is 0 Å². The lowest BCUT2D eigenvalue weighted by Gasteiger charge is -2.17. The van der Waals surface area contributed by atoms with Crippen molar-refractivity contribution in [3.63, 3.8) is 0 Å². The largest absolute Gasteiger partial charge is 0.430 e. The lowest BCUT2D eigenvalue weighted by atomic mass is 9.91. The number of esters is 1. The first-order chi connectivity index (χ1) is 10.6. The Hall–Kier alpha value is -2.16. The van der Waals surface area contributed by atoms with Crippen LogP contribution in [0.4, 0.5) is 0 Å². The second-order valence-corrected chi connectivity index (χ2v) is 5.58. The average molecular weight is 298 g/mol. The van der Waals surface area contributed by atoms with Gasteiger partial charge in [0.05, 0.1) is 5.57 Å². The summed E-state index contributed by atoms with van der Waals surface area (Å²) in [6, 6.07) is 10.2. The maximum Gasteiger partial charge on any atom is 0.307 e. The van der Waals surface area contributed by atoms with Crippen LogP contribution in [0, 0.1) is 0 Å². The summed E-state index contributed by atoms with van der Waals surface area (Å²) in [5.41, 5.74) is 2.78. The van der Waals surface area contributed by atoms with Gasteiger partial charge in [-0.25, -0.2) is 0 Å². The second-order valence-electron chi connectivity index (χ2n) is 5.58. The zero-order valence-corrected chi connectivity index (χ0v) is 13.2. The van der Waals surface area contributed by atoms with E-state index < -0.39 is 0 Å². The quantitative estimate of drug-likeness (QED) is 0.466. The van der Waals surface area contributed by atoms with E-state index in [1.54, 1.807) is 0 Å². The molecule has 3 heteroatoms. The van der Waals surface area contributed by atoms with Gasteiger partial charge in [-0.05, 0) is 37.3 Å². The molecule has 1 aromatic rings. The van der Waals surface area contributed by atoms with Crippen LogP contribution < -0.4 is 0 Å². The SMILES string of the molecule is CC(=O)O/C(CCCc1ccccc1)=C1/C(=O)CCC=C1C. The summed E-state index contributed by atoms with van der Waals surface area (Å²) < 4.78 is 5.35. The van der Waals surface area contributed by atoms with E-state index >= 15 is 0 Å². The smallest absolute Gasteiger partial charge is 0.307 e. The summed E-state index contributed by atoms with van der Waals surface area (Å²) >= 11 is 0. The molecule has 1 aliphatic rings. The summed E-state index contributed by atoms with van der Waals surface area (Å²) in [6.45, 7) is 3.29. The molecule has 0 bridgehead atoms. The molecular formula is C19H22O3. The number of allylic oxidation sites excluding steroid dienone is 4. The molecular weight excluding hydrogens is 276 g/mol. The van der Waals surface area contributed by atoms with Gasteiger partial charge in [0.2, 0.25) is 0 Å². The first-order valence-corrected chi connectivity index (χ1v) is 7.73. The molecule has 0 heterocycles. The molecule has 1 aromatic carbocycles. The summed E-state index contributed by atoms with van der Waals surface area (Å²) in [4.78, 5) is 23.5. The number of hydrogen-bond donors (Lipinski definition) is 0. The molecule has 2 rings (SSSR count). The van der Waals surface area contributed by atoms with Crippen LogP contribution in [0.3, 0.4) is 0 Å². The number of benzene rings is 1. The van der Waals surface area contributed by atoms with Crippen LogP contribution in [-0.4, -0.2) is 11.8 Å². The van der Waals surface area contributed by atoms with Crippen molar-refractivity contribution in [1.82, 2.24) is 0 Å². The van der Waals surface area contributed by atoms with E-state index in [2.05, 4.69) is 12.1 Å². The van der Waals surface area contributed by atoms with Gasteiger partial charge < -0.3 is 4.74 Å².